The fourth-order valence-electron chi connectivity index (χ4n) is 2.05. The molecule has 0 heterocycles. The second-order valence-corrected chi connectivity index (χ2v) is 4.03. The van der Waals surface area contributed by atoms with E-state index in [9.17, 15) is 4.79 Å². The van der Waals surface area contributed by atoms with Gasteiger partial charge in [0, 0.05) is 6.08 Å². The van der Waals surface area contributed by atoms with Crippen molar-refractivity contribution in [2.45, 2.75) is 27.7 Å². The molecule has 1 N–H and O–H groups in total. The Morgan fingerprint density at radius 1 is 1.35 bits per heavy atom. The van der Waals surface area contributed by atoms with Crippen LogP contribution in [0, 0.1) is 13.8 Å². The van der Waals surface area contributed by atoms with Crippen LogP contribution in [0.25, 0.3) is 5.57 Å². The predicted octanol–water partition coefficient (Wildman–Crippen LogP) is 3.19. The van der Waals surface area contributed by atoms with E-state index in [-0.39, 0.29) is 0 Å². The fourth-order valence-corrected chi connectivity index (χ4v) is 2.05. The van der Waals surface area contributed by atoms with E-state index in [0.29, 0.717) is 6.61 Å². The van der Waals surface area contributed by atoms with Crippen molar-refractivity contribution in [2.24, 2.45) is 0 Å². The second-order valence-electron chi connectivity index (χ2n) is 4.03. The van der Waals surface area contributed by atoms with E-state index >= 15 is 0 Å². The summed E-state index contributed by atoms with van der Waals surface area (Å²) in [5.74, 6) is -0.0930. The van der Waals surface area contributed by atoms with Crippen LogP contribution in [-0.4, -0.2) is 17.7 Å². The summed E-state index contributed by atoms with van der Waals surface area (Å²) in [5.41, 5.74) is 3.80. The Kier molecular flexibility index (Phi) is 4.32. The molecule has 0 radical (unpaired) electrons. The maximum atomic E-state index is 10.7. The van der Waals surface area contributed by atoms with Gasteiger partial charge < -0.3 is 9.84 Å². The first-order chi connectivity index (χ1) is 7.95. The number of benzene rings is 1. The summed E-state index contributed by atoms with van der Waals surface area (Å²) < 4.78 is 5.45. The first-order valence-corrected chi connectivity index (χ1v) is 5.61. The first kappa shape index (κ1) is 13.3. The van der Waals surface area contributed by atoms with Crippen LogP contribution in [0.4, 0.5) is 0 Å². The van der Waals surface area contributed by atoms with Crippen LogP contribution in [-0.2, 0) is 4.79 Å². The number of hydrogen-bond donors (Lipinski definition) is 1. The number of rotatable bonds is 4. The van der Waals surface area contributed by atoms with Gasteiger partial charge in [0.15, 0.2) is 0 Å². The Morgan fingerprint density at radius 2 is 1.88 bits per heavy atom. The number of allylic oxidation sites excluding steroid dienone is 1. The monoisotopic (exact) mass is 234 g/mol. The summed E-state index contributed by atoms with van der Waals surface area (Å²) in [6.07, 6.45) is 1.23. The SMILES string of the molecule is CCOc1cc(C)c(/C(C)=C/C(=O)O)c(C)c1. The first-order valence-electron chi connectivity index (χ1n) is 5.61. The maximum Gasteiger partial charge on any atom is 0.328 e. The van der Waals surface area contributed by atoms with Gasteiger partial charge in [0.05, 0.1) is 6.61 Å². The number of carboxylic acids is 1. The number of hydrogen-bond acceptors (Lipinski definition) is 2. The number of ether oxygens (including phenoxy) is 1. The van der Waals surface area contributed by atoms with Crippen LogP contribution >= 0.6 is 0 Å². The van der Waals surface area contributed by atoms with E-state index in [1.54, 1.807) is 0 Å². The molecule has 92 valence electrons. The highest BCUT2D eigenvalue weighted by Crippen LogP contribution is 2.27. The third kappa shape index (κ3) is 3.34. The van der Waals surface area contributed by atoms with Gasteiger partial charge in [-0.15, -0.1) is 0 Å². The second kappa shape index (κ2) is 5.53. The van der Waals surface area contributed by atoms with E-state index in [1.165, 1.54) is 6.08 Å². The average Bonchev–Trinajstić information content (AvgIpc) is 2.15. The molecule has 0 atom stereocenters. The Hall–Kier alpha value is -1.77. The number of aliphatic carboxylic acids is 1. The minimum Gasteiger partial charge on any atom is -0.494 e. The lowest BCUT2D eigenvalue weighted by Gasteiger charge is -2.13. The van der Waals surface area contributed by atoms with Gasteiger partial charge >= 0.3 is 5.97 Å². The zero-order valence-electron chi connectivity index (χ0n) is 10.7. The minimum absolute atomic E-state index is 0.627. The molecule has 3 nitrogen and oxygen atoms in total. The fraction of sp³-hybridized carbons (Fsp3) is 0.357. The zero-order valence-corrected chi connectivity index (χ0v) is 10.7. The van der Waals surface area contributed by atoms with Gasteiger partial charge in [-0.1, -0.05) is 0 Å². The van der Waals surface area contributed by atoms with Crippen LogP contribution in [0.3, 0.4) is 0 Å². The molecule has 0 amide bonds. The summed E-state index contributed by atoms with van der Waals surface area (Å²) in [5, 5.41) is 8.76. The number of carbonyl (C=O) groups is 1. The highest BCUT2D eigenvalue weighted by Gasteiger charge is 2.08. The summed E-state index contributed by atoms with van der Waals surface area (Å²) in [7, 11) is 0. The van der Waals surface area contributed by atoms with Crippen molar-refractivity contribution in [1.29, 1.82) is 0 Å². The van der Waals surface area contributed by atoms with Crippen LogP contribution in [0.2, 0.25) is 0 Å². The molecule has 0 aliphatic carbocycles. The minimum atomic E-state index is -0.921. The van der Waals surface area contributed by atoms with Crippen LogP contribution in [0.15, 0.2) is 18.2 Å². The smallest absolute Gasteiger partial charge is 0.328 e. The van der Waals surface area contributed by atoms with Crippen molar-refractivity contribution >= 4 is 11.5 Å². The average molecular weight is 234 g/mol. The van der Waals surface area contributed by atoms with Gasteiger partial charge in [0.25, 0.3) is 0 Å². The van der Waals surface area contributed by atoms with E-state index in [0.717, 1.165) is 28.0 Å². The van der Waals surface area contributed by atoms with Crippen molar-refractivity contribution in [3.05, 3.63) is 34.9 Å². The van der Waals surface area contributed by atoms with E-state index < -0.39 is 5.97 Å². The molecule has 0 aliphatic heterocycles. The van der Waals surface area contributed by atoms with Crippen molar-refractivity contribution < 1.29 is 14.6 Å². The summed E-state index contributed by atoms with van der Waals surface area (Å²) in [6, 6.07) is 3.87. The molecular formula is C14H18O3. The van der Waals surface area contributed by atoms with Crippen LogP contribution in [0.1, 0.15) is 30.5 Å². The standard InChI is InChI=1S/C14H18O3/c1-5-17-12-6-9(2)14(10(3)7-12)11(4)8-13(15)16/h6-8H,5H2,1-4H3,(H,15,16)/b11-8+. The highest BCUT2D eigenvalue weighted by molar-refractivity contribution is 5.90. The molecule has 1 aromatic carbocycles. The third-order valence-electron chi connectivity index (χ3n) is 2.55. The maximum absolute atomic E-state index is 10.7. The Bertz CT molecular complexity index is 436. The van der Waals surface area contributed by atoms with Gasteiger partial charge in [0.1, 0.15) is 5.75 Å². The zero-order chi connectivity index (χ0) is 13.0. The highest BCUT2D eigenvalue weighted by atomic mass is 16.5. The molecule has 0 spiro atoms. The molecule has 0 bridgehead atoms. The van der Waals surface area contributed by atoms with Crippen LogP contribution < -0.4 is 4.74 Å². The largest absolute Gasteiger partial charge is 0.494 e. The molecule has 0 saturated carbocycles. The summed E-state index contributed by atoms with van der Waals surface area (Å²) in [6.45, 7) is 8.30. The predicted molar refractivity (Wildman–Crippen MR) is 68.4 cm³/mol. The van der Waals surface area contributed by atoms with Crippen molar-refractivity contribution in [2.75, 3.05) is 6.61 Å². The van der Waals surface area contributed by atoms with Crippen molar-refractivity contribution in [3.8, 4) is 5.75 Å². The lowest BCUT2D eigenvalue weighted by molar-refractivity contribution is -0.131. The molecule has 0 unspecified atom stereocenters. The molecule has 0 aliphatic rings. The normalized spacial score (nSPS) is 11.4. The lowest BCUT2D eigenvalue weighted by Crippen LogP contribution is -1.98. The molecule has 1 rings (SSSR count). The third-order valence-corrected chi connectivity index (χ3v) is 2.55. The van der Waals surface area contributed by atoms with Gasteiger partial charge in [0.2, 0.25) is 0 Å². The summed E-state index contributed by atoms with van der Waals surface area (Å²) in [4.78, 5) is 10.7. The van der Waals surface area contributed by atoms with E-state index in [1.807, 2.05) is 39.8 Å². The van der Waals surface area contributed by atoms with Crippen LogP contribution in [0.5, 0.6) is 5.75 Å². The van der Waals surface area contributed by atoms with Gasteiger partial charge in [-0.2, -0.15) is 0 Å². The molecule has 1 aromatic rings. The quantitative estimate of drug-likeness (QED) is 0.814. The Labute approximate surface area is 102 Å². The Balaban J connectivity index is 3.22. The molecular weight excluding hydrogens is 216 g/mol. The Morgan fingerprint density at radius 3 is 2.29 bits per heavy atom. The van der Waals surface area contributed by atoms with E-state index in [4.69, 9.17) is 9.84 Å². The van der Waals surface area contributed by atoms with Crippen molar-refractivity contribution in [1.82, 2.24) is 0 Å². The number of carboxylic acid groups (broad SMARTS) is 1. The topological polar surface area (TPSA) is 46.5 Å². The molecule has 17 heavy (non-hydrogen) atoms. The number of aryl methyl sites for hydroxylation is 2. The van der Waals surface area contributed by atoms with Gasteiger partial charge in [-0.3, -0.25) is 0 Å². The van der Waals surface area contributed by atoms with Gasteiger partial charge in [-0.05, 0) is 62.1 Å². The molecule has 3 heteroatoms. The van der Waals surface area contributed by atoms with Gasteiger partial charge in [-0.25, -0.2) is 4.79 Å². The lowest BCUT2D eigenvalue weighted by atomic mass is 9.96. The summed E-state index contributed by atoms with van der Waals surface area (Å²) >= 11 is 0. The molecule has 0 saturated heterocycles. The van der Waals surface area contributed by atoms with E-state index in [2.05, 4.69) is 0 Å². The van der Waals surface area contributed by atoms with Crippen molar-refractivity contribution in [3.63, 3.8) is 0 Å². The molecule has 0 aromatic heterocycles. The molecule has 0 fully saturated rings.